The van der Waals surface area contributed by atoms with Crippen molar-refractivity contribution in [2.75, 3.05) is 42.5 Å². The van der Waals surface area contributed by atoms with E-state index in [2.05, 4.69) is 4.90 Å². The number of fused-ring (bicyclic) bond motifs is 1. The van der Waals surface area contributed by atoms with Gasteiger partial charge in [-0.1, -0.05) is 27.7 Å². The Morgan fingerprint density at radius 1 is 0.768 bits per heavy atom. The number of likely N-dealkylation sites (N-methyl/N-ethyl adjacent to an activating group) is 1. The molecule has 324 valence electrons. The Balaban J connectivity index is 1.89. The lowest BCUT2D eigenvalue weighted by Crippen LogP contribution is -2.61. The lowest BCUT2D eigenvalue weighted by molar-refractivity contribution is -0.322. The van der Waals surface area contributed by atoms with Crippen molar-refractivity contribution in [2.24, 2.45) is 23.7 Å². The molecule has 0 aromatic rings. The van der Waals surface area contributed by atoms with Crippen LogP contribution in [0.3, 0.4) is 0 Å². The third-order valence-corrected chi connectivity index (χ3v) is 13.2. The van der Waals surface area contributed by atoms with Crippen LogP contribution < -0.4 is 0 Å². The highest BCUT2D eigenvalue weighted by molar-refractivity contribution is 5.84. The summed E-state index contributed by atoms with van der Waals surface area (Å²) in [6, 6.07) is -0.0344. The van der Waals surface area contributed by atoms with Gasteiger partial charge in [0.25, 0.3) is 0 Å². The van der Waals surface area contributed by atoms with Gasteiger partial charge in [0, 0.05) is 52.7 Å². The second kappa shape index (κ2) is 18.5. The normalized spacial score (nSPS) is 47.1. The molecule has 15 nitrogen and oxygen atoms in total. The summed E-state index contributed by atoms with van der Waals surface area (Å²) >= 11 is 0. The van der Waals surface area contributed by atoms with Crippen molar-refractivity contribution >= 4 is 17.9 Å². The molecule has 0 aliphatic carbocycles. The third kappa shape index (κ3) is 9.26. The number of nitrogens with zero attached hydrogens (tertiary/aromatic N) is 1. The number of Topliss-reactive ketones (excluding diaryl/α,β-unsaturated/α-hetero) is 1. The smallest absolute Gasteiger partial charge is 0.458 e. The van der Waals surface area contributed by atoms with E-state index >= 15 is 0 Å². The SMILES string of the molecule is CC[C@H]1OC(=O)[C@H](C)[C@@H](O[C@H]2C[C@@](C)(OC)[C@@H](OC)[C@H](C)O2)[C@H](C)[C@@H](O[C@@H]2O[C@H](C)C[C@H](N(C)C)[C@H]2OC)[C@](C)(OC)C[C@@H](C)C(=O)[C@H](C)[C@H]2OC(=O)O[C@@]21C. The summed E-state index contributed by atoms with van der Waals surface area (Å²) in [7, 11) is 10.4. The van der Waals surface area contributed by atoms with Gasteiger partial charge in [0.05, 0.1) is 47.5 Å². The molecule has 0 saturated carbocycles. The Bertz CT molecular complexity index is 1350. The van der Waals surface area contributed by atoms with E-state index in [0.29, 0.717) is 0 Å². The van der Waals surface area contributed by atoms with Crippen LogP contribution in [0.4, 0.5) is 4.79 Å². The summed E-state index contributed by atoms with van der Waals surface area (Å²) in [5, 5.41) is 0. The van der Waals surface area contributed by atoms with Crippen molar-refractivity contribution in [3.05, 3.63) is 0 Å². The minimum Gasteiger partial charge on any atom is -0.458 e. The molecule has 4 saturated heterocycles. The first-order chi connectivity index (χ1) is 26.1. The number of carbonyl (C=O) groups is 3. The van der Waals surface area contributed by atoms with E-state index in [1.165, 1.54) is 0 Å². The highest BCUT2D eigenvalue weighted by atomic mass is 16.8. The molecule has 0 radical (unpaired) electrons. The molecule has 0 N–H and O–H groups in total. The summed E-state index contributed by atoms with van der Waals surface area (Å²) < 4.78 is 69.0. The molecule has 0 bridgehead atoms. The summed E-state index contributed by atoms with van der Waals surface area (Å²) in [6.07, 6.45) is -6.31. The van der Waals surface area contributed by atoms with E-state index in [1.54, 1.807) is 49.2 Å². The monoisotopic (exact) mass is 801 g/mol. The van der Waals surface area contributed by atoms with Crippen LogP contribution in [0.1, 0.15) is 94.9 Å². The van der Waals surface area contributed by atoms with Gasteiger partial charge in [0.1, 0.15) is 24.1 Å². The predicted octanol–water partition coefficient (Wildman–Crippen LogP) is 4.93. The van der Waals surface area contributed by atoms with Gasteiger partial charge in [0.2, 0.25) is 0 Å². The van der Waals surface area contributed by atoms with Gasteiger partial charge in [-0.15, -0.1) is 0 Å². The van der Waals surface area contributed by atoms with Crippen LogP contribution in [0.25, 0.3) is 0 Å². The minimum absolute atomic E-state index is 0.0344. The fraction of sp³-hybridized carbons (Fsp3) is 0.927. The third-order valence-electron chi connectivity index (χ3n) is 13.2. The van der Waals surface area contributed by atoms with Gasteiger partial charge < -0.3 is 57.0 Å². The fourth-order valence-corrected chi connectivity index (χ4v) is 9.88. The average molecular weight is 802 g/mol. The van der Waals surface area contributed by atoms with Crippen molar-refractivity contribution in [1.29, 1.82) is 0 Å². The molecule has 4 fully saturated rings. The molecular formula is C41H71NO14. The lowest BCUT2D eigenvalue weighted by atomic mass is 9.74. The van der Waals surface area contributed by atoms with Gasteiger partial charge in [0.15, 0.2) is 24.3 Å². The fourth-order valence-electron chi connectivity index (χ4n) is 9.88. The first-order valence-corrected chi connectivity index (χ1v) is 20.2. The van der Waals surface area contributed by atoms with Gasteiger partial charge >= 0.3 is 12.1 Å². The van der Waals surface area contributed by atoms with Crippen molar-refractivity contribution in [2.45, 2.75) is 179 Å². The molecule has 4 rings (SSSR count). The van der Waals surface area contributed by atoms with E-state index < -0.39 is 102 Å². The first kappa shape index (κ1) is 46.7. The summed E-state index contributed by atoms with van der Waals surface area (Å²) in [5.74, 6) is -3.72. The average Bonchev–Trinajstić information content (AvgIpc) is 3.46. The number of cyclic esters (lactones) is 1. The summed E-state index contributed by atoms with van der Waals surface area (Å²) in [4.78, 5) is 43.8. The number of carbonyl (C=O) groups excluding carboxylic acids is 3. The maximum absolute atomic E-state index is 14.5. The number of hydrogen-bond acceptors (Lipinski definition) is 15. The van der Waals surface area contributed by atoms with E-state index in [1.807, 2.05) is 62.6 Å². The molecule has 4 aliphatic heterocycles. The number of methoxy groups -OCH3 is 4. The molecule has 15 heteroatoms. The molecule has 0 aromatic heterocycles. The van der Waals surface area contributed by atoms with Gasteiger partial charge in [-0.05, 0) is 74.9 Å². The second-order valence-corrected chi connectivity index (χ2v) is 17.5. The number of esters is 1. The zero-order valence-electron chi connectivity index (χ0n) is 36.7. The molecule has 18 atom stereocenters. The number of hydrogen-bond donors (Lipinski definition) is 0. The number of rotatable bonds is 10. The molecule has 0 spiro atoms. The van der Waals surface area contributed by atoms with Gasteiger partial charge in [-0.2, -0.15) is 0 Å². The Hall–Kier alpha value is -1.95. The highest BCUT2D eigenvalue weighted by Gasteiger charge is 2.59. The lowest BCUT2D eigenvalue weighted by Gasteiger charge is -2.50. The van der Waals surface area contributed by atoms with E-state index in [9.17, 15) is 14.4 Å². The van der Waals surface area contributed by atoms with Crippen molar-refractivity contribution < 1.29 is 66.5 Å². The molecule has 0 amide bonds. The maximum Gasteiger partial charge on any atom is 0.509 e. The molecular weight excluding hydrogens is 730 g/mol. The Labute approximate surface area is 334 Å². The van der Waals surface area contributed by atoms with Crippen LogP contribution >= 0.6 is 0 Å². The molecule has 0 unspecified atom stereocenters. The standard InChI is InChI=1S/C41H71NO14/c1-17-28-41(10)34(55-38(45)56-41)23(4)30(43)21(2)19-39(8,48-15)33(54-37-32(46-13)27(42(11)12)18-22(3)50-37)24(5)31(25(6)36(44)52-28)53-29-20-40(9,49-16)35(47-14)26(7)51-29/h21-29,31-35,37H,17-20H2,1-16H3/t21-,22-,23+,24+,25-,26+,27+,28-,29+,31+,32-,33-,34-,35+,37+,39-,40-,41-/m1/s1. The number of ketones is 1. The second-order valence-electron chi connectivity index (χ2n) is 17.5. The predicted molar refractivity (Wildman–Crippen MR) is 204 cm³/mol. The van der Waals surface area contributed by atoms with Crippen LogP contribution in [0.5, 0.6) is 0 Å². The largest absolute Gasteiger partial charge is 0.509 e. The molecule has 56 heavy (non-hydrogen) atoms. The summed E-state index contributed by atoms with van der Waals surface area (Å²) in [6.45, 7) is 18.4. The Kier molecular flexibility index (Phi) is 15.5. The Morgan fingerprint density at radius 3 is 1.95 bits per heavy atom. The molecule has 0 aromatic carbocycles. The minimum atomic E-state index is -1.44. The van der Waals surface area contributed by atoms with Crippen molar-refractivity contribution in [1.82, 2.24) is 4.90 Å². The van der Waals surface area contributed by atoms with E-state index in [-0.39, 0.29) is 43.3 Å². The zero-order chi connectivity index (χ0) is 42.1. The van der Waals surface area contributed by atoms with E-state index in [0.717, 1.165) is 6.42 Å². The maximum atomic E-state index is 14.5. The van der Waals surface area contributed by atoms with Crippen molar-refractivity contribution in [3.63, 3.8) is 0 Å². The van der Waals surface area contributed by atoms with Gasteiger partial charge in [-0.3, -0.25) is 9.59 Å². The van der Waals surface area contributed by atoms with Crippen LogP contribution in [-0.2, 0) is 61.7 Å². The zero-order valence-corrected chi connectivity index (χ0v) is 36.7. The van der Waals surface area contributed by atoms with Crippen LogP contribution in [0.2, 0.25) is 0 Å². The Morgan fingerprint density at radius 2 is 1.39 bits per heavy atom. The molecule has 4 heterocycles. The van der Waals surface area contributed by atoms with E-state index in [4.69, 9.17) is 52.1 Å². The quantitative estimate of drug-likeness (QED) is 0.274. The summed E-state index contributed by atoms with van der Waals surface area (Å²) in [5.41, 5.74) is -3.39. The van der Waals surface area contributed by atoms with Crippen LogP contribution in [0.15, 0.2) is 0 Å². The van der Waals surface area contributed by atoms with Crippen LogP contribution in [-0.4, -0.2) is 150 Å². The van der Waals surface area contributed by atoms with Gasteiger partial charge in [-0.25, -0.2) is 4.79 Å². The highest BCUT2D eigenvalue weighted by Crippen LogP contribution is 2.44. The number of ether oxygens (including phenoxy) is 11. The first-order valence-electron chi connectivity index (χ1n) is 20.2. The molecule has 4 aliphatic rings. The van der Waals surface area contributed by atoms with Crippen molar-refractivity contribution in [3.8, 4) is 0 Å². The topological polar surface area (TPSA) is 156 Å². The van der Waals surface area contributed by atoms with Crippen LogP contribution in [0, 0.1) is 23.7 Å².